The number of nitrogens with one attached hydrogen (secondary N) is 1. The van der Waals surface area contributed by atoms with Gasteiger partial charge in [-0.3, -0.25) is 0 Å². The van der Waals surface area contributed by atoms with E-state index in [0.717, 1.165) is 24.8 Å². The fourth-order valence-corrected chi connectivity index (χ4v) is 3.32. The van der Waals surface area contributed by atoms with Gasteiger partial charge in [0.05, 0.1) is 12.6 Å². The van der Waals surface area contributed by atoms with Crippen molar-refractivity contribution in [2.24, 2.45) is 0 Å². The standard InChI is InChI=1S/C20H24N2O2/c23-14-13-22(15-16-7-2-1-3-8-16)20(24)21-19-12-6-10-17-9-4-5-11-18(17)19/h1-5,7-9,11,19,23H,6,10,12-15H2,(H,21,24). The summed E-state index contributed by atoms with van der Waals surface area (Å²) in [5, 5.41) is 12.5. The third kappa shape index (κ3) is 3.95. The number of aliphatic hydroxyl groups excluding tert-OH is 1. The van der Waals surface area contributed by atoms with Crippen LogP contribution in [-0.4, -0.2) is 29.2 Å². The number of aliphatic hydroxyl groups is 1. The molecule has 1 aliphatic rings. The Bertz CT molecular complexity index is 672. The molecule has 24 heavy (non-hydrogen) atoms. The number of carbonyl (C=O) groups is 1. The van der Waals surface area contributed by atoms with E-state index in [4.69, 9.17) is 0 Å². The average Bonchev–Trinajstić information content (AvgIpc) is 2.62. The van der Waals surface area contributed by atoms with Crippen molar-refractivity contribution in [1.82, 2.24) is 10.2 Å². The maximum absolute atomic E-state index is 12.7. The predicted octanol–water partition coefficient (Wildman–Crippen LogP) is 3.27. The lowest BCUT2D eigenvalue weighted by molar-refractivity contribution is 0.170. The molecule has 1 atom stereocenters. The quantitative estimate of drug-likeness (QED) is 0.887. The molecule has 4 heteroatoms. The predicted molar refractivity (Wildman–Crippen MR) is 94.6 cm³/mol. The molecule has 2 N–H and O–H groups in total. The maximum atomic E-state index is 12.7. The Morgan fingerprint density at radius 1 is 1.12 bits per heavy atom. The number of urea groups is 1. The van der Waals surface area contributed by atoms with Crippen LogP contribution in [0.5, 0.6) is 0 Å². The molecular formula is C20H24N2O2. The largest absolute Gasteiger partial charge is 0.395 e. The van der Waals surface area contributed by atoms with Gasteiger partial charge in [0.2, 0.25) is 0 Å². The van der Waals surface area contributed by atoms with E-state index in [9.17, 15) is 9.90 Å². The van der Waals surface area contributed by atoms with Crippen LogP contribution >= 0.6 is 0 Å². The summed E-state index contributed by atoms with van der Waals surface area (Å²) in [4.78, 5) is 14.4. The van der Waals surface area contributed by atoms with E-state index < -0.39 is 0 Å². The van der Waals surface area contributed by atoms with Gasteiger partial charge in [0.25, 0.3) is 0 Å². The van der Waals surface area contributed by atoms with Gasteiger partial charge in [0.1, 0.15) is 0 Å². The van der Waals surface area contributed by atoms with Crippen molar-refractivity contribution >= 4 is 6.03 Å². The van der Waals surface area contributed by atoms with Crippen molar-refractivity contribution in [3.63, 3.8) is 0 Å². The van der Waals surface area contributed by atoms with Crippen LogP contribution in [0.15, 0.2) is 54.6 Å². The van der Waals surface area contributed by atoms with Gasteiger partial charge >= 0.3 is 6.03 Å². The highest BCUT2D eigenvalue weighted by molar-refractivity contribution is 5.75. The Hall–Kier alpha value is -2.33. The lowest BCUT2D eigenvalue weighted by atomic mass is 9.88. The van der Waals surface area contributed by atoms with Gasteiger partial charge in [0.15, 0.2) is 0 Å². The second-order valence-corrected chi connectivity index (χ2v) is 6.22. The van der Waals surface area contributed by atoms with Gasteiger partial charge in [0, 0.05) is 13.1 Å². The molecular weight excluding hydrogens is 300 g/mol. The number of fused-ring (bicyclic) bond motifs is 1. The highest BCUT2D eigenvalue weighted by Gasteiger charge is 2.23. The number of carbonyl (C=O) groups excluding carboxylic acids is 1. The molecule has 0 aliphatic heterocycles. The van der Waals surface area contributed by atoms with Crippen molar-refractivity contribution in [3.05, 3.63) is 71.3 Å². The van der Waals surface area contributed by atoms with Crippen LogP contribution in [0.4, 0.5) is 4.79 Å². The fourth-order valence-electron chi connectivity index (χ4n) is 3.32. The summed E-state index contributed by atoms with van der Waals surface area (Å²) in [5.74, 6) is 0. The minimum absolute atomic E-state index is 0.0402. The molecule has 126 valence electrons. The first-order valence-electron chi connectivity index (χ1n) is 8.56. The van der Waals surface area contributed by atoms with Crippen molar-refractivity contribution in [3.8, 4) is 0 Å². The fraction of sp³-hybridized carbons (Fsp3) is 0.350. The van der Waals surface area contributed by atoms with Crippen LogP contribution in [0, 0.1) is 0 Å². The first-order chi connectivity index (χ1) is 11.8. The molecule has 0 heterocycles. The molecule has 2 aromatic carbocycles. The molecule has 0 aromatic heterocycles. The Balaban J connectivity index is 1.70. The van der Waals surface area contributed by atoms with Gasteiger partial charge in [-0.2, -0.15) is 0 Å². The normalized spacial score (nSPS) is 16.3. The first kappa shape index (κ1) is 16.5. The first-order valence-corrected chi connectivity index (χ1v) is 8.56. The minimum Gasteiger partial charge on any atom is -0.395 e. The third-order valence-electron chi connectivity index (χ3n) is 4.54. The summed E-state index contributed by atoms with van der Waals surface area (Å²) in [5.41, 5.74) is 3.61. The summed E-state index contributed by atoms with van der Waals surface area (Å²) >= 11 is 0. The average molecular weight is 324 g/mol. The van der Waals surface area contributed by atoms with Gasteiger partial charge in [-0.15, -0.1) is 0 Å². The van der Waals surface area contributed by atoms with Crippen molar-refractivity contribution < 1.29 is 9.90 Å². The van der Waals surface area contributed by atoms with Crippen molar-refractivity contribution in [2.45, 2.75) is 31.8 Å². The molecule has 1 aliphatic carbocycles. The molecule has 2 aromatic rings. The van der Waals surface area contributed by atoms with Crippen LogP contribution in [0.1, 0.15) is 35.6 Å². The van der Waals surface area contributed by atoms with Crippen LogP contribution < -0.4 is 5.32 Å². The summed E-state index contributed by atoms with van der Waals surface area (Å²) < 4.78 is 0. The molecule has 0 fully saturated rings. The summed E-state index contributed by atoms with van der Waals surface area (Å²) in [7, 11) is 0. The zero-order valence-electron chi connectivity index (χ0n) is 13.8. The van der Waals surface area contributed by atoms with E-state index >= 15 is 0 Å². The van der Waals surface area contributed by atoms with Gasteiger partial charge in [-0.1, -0.05) is 54.6 Å². The van der Waals surface area contributed by atoms with E-state index in [2.05, 4.69) is 23.5 Å². The zero-order chi connectivity index (χ0) is 16.8. The Labute approximate surface area is 143 Å². The van der Waals surface area contributed by atoms with E-state index in [1.165, 1.54) is 11.1 Å². The Morgan fingerprint density at radius 2 is 1.88 bits per heavy atom. The molecule has 0 spiro atoms. The number of hydrogen-bond acceptors (Lipinski definition) is 2. The topological polar surface area (TPSA) is 52.6 Å². The Kier molecular flexibility index (Phi) is 5.49. The number of benzene rings is 2. The van der Waals surface area contributed by atoms with Crippen LogP contribution in [0.25, 0.3) is 0 Å². The lowest BCUT2D eigenvalue weighted by Crippen LogP contribution is -2.43. The smallest absolute Gasteiger partial charge is 0.318 e. The summed E-state index contributed by atoms with van der Waals surface area (Å²) in [6.45, 7) is 0.790. The van der Waals surface area contributed by atoms with Crippen LogP contribution in [0.3, 0.4) is 0 Å². The third-order valence-corrected chi connectivity index (χ3v) is 4.54. The van der Waals surface area contributed by atoms with Crippen molar-refractivity contribution in [2.75, 3.05) is 13.2 Å². The molecule has 2 amide bonds. The molecule has 1 unspecified atom stereocenters. The zero-order valence-corrected chi connectivity index (χ0v) is 13.8. The molecule has 3 rings (SSSR count). The Morgan fingerprint density at radius 3 is 2.67 bits per heavy atom. The number of rotatable bonds is 5. The van der Waals surface area contributed by atoms with Gasteiger partial charge in [-0.05, 0) is 36.0 Å². The van der Waals surface area contributed by atoms with Crippen LogP contribution in [-0.2, 0) is 13.0 Å². The molecule has 4 nitrogen and oxygen atoms in total. The number of nitrogens with zero attached hydrogens (tertiary/aromatic N) is 1. The number of aryl methyl sites for hydroxylation is 1. The van der Waals surface area contributed by atoms with E-state index in [-0.39, 0.29) is 18.7 Å². The SMILES string of the molecule is O=C(NC1CCCc2ccccc21)N(CCO)Cc1ccccc1. The molecule has 0 bridgehead atoms. The summed E-state index contributed by atoms with van der Waals surface area (Å²) in [6.07, 6.45) is 3.12. The number of hydrogen-bond donors (Lipinski definition) is 2. The van der Waals surface area contributed by atoms with E-state index in [1.807, 2.05) is 36.4 Å². The highest BCUT2D eigenvalue weighted by Crippen LogP contribution is 2.29. The highest BCUT2D eigenvalue weighted by atomic mass is 16.3. The summed E-state index contributed by atoms with van der Waals surface area (Å²) in [6, 6.07) is 18.1. The molecule has 0 saturated carbocycles. The number of amides is 2. The second kappa shape index (κ2) is 7.97. The molecule has 0 radical (unpaired) electrons. The second-order valence-electron chi connectivity index (χ2n) is 6.22. The lowest BCUT2D eigenvalue weighted by Gasteiger charge is -2.30. The van der Waals surface area contributed by atoms with Crippen LogP contribution in [0.2, 0.25) is 0 Å². The van der Waals surface area contributed by atoms with Gasteiger partial charge < -0.3 is 15.3 Å². The maximum Gasteiger partial charge on any atom is 0.318 e. The van der Waals surface area contributed by atoms with E-state index in [1.54, 1.807) is 4.90 Å². The monoisotopic (exact) mass is 324 g/mol. The van der Waals surface area contributed by atoms with Crippen molar-refractivity contribution in [1.29, 1.82) is 0 Å². The minimum atomic E-state index is -0.116. The molecule has 0 saturated heterocycles. The van der Waals surface area contributed by atoms with Gasteiger partial charge in [-0.25, -0.2) is 4.79 Å². The van der Waals surface area contributed by atoms with E-state index in [0.29, 0.717) is 13.1 Å².